The summed E-state index contributed by atoms with van der Waals surface area (Å²) in [6.45, 7) is 0.491. The van der Waals surface area contributed by atoms with Crippen LogP contribution in [-0.4, -0.2) is 83.9 Å². The zero-order valence-corrected chi connectivity index (χ0v) is 21.0. The zero-order chi connectivity index (χ0) is 25.9. The second kappa shape index (κ2) is 10.6. The Bertz CT molecular complexity index is 1240. The van der Waals surface area contributed by atoms with E-state index in [1.54, 1.807) is 12.4 Å². The van der Waals surface area contributed by atoms with Gasteiger partial charge >= 0.3 is 5.97 Å². The monoisotopic (exact) mass is 559 g/mol. The first-order chi connectivity index (χ1) is 17.1. The standard InChI is InChI=1S/C20H23Cl2N7O6S/c21-13-2-1-3-14(22)17(13)36(33,34)28-15(18(31)32)9-29(11-30)16-7-20(35-27-16)6-12(26-10-20)8-25-19-23-4-5-24-19/h1-5,11-12,15,26,28H,6-10H2,(H,31,32)(H2,23,24,25)/t12?,15?,20-/m0/s1. The third kappa shape index (κ3) is 5.73. The molecule has 2 aliphatic rings. The molecule has 3 atom stereocenters. The van der Waals surface area contributed by atoms with Gasteiger partial charge in [-0.15, -0.1) is 0 Å². The van der Waals surface area contributed by atoms with Gasteiger partial charge in [-0.1, -0.05) is 34.4 Å². The summed E-state index contributed by atoms with van der Waals surface area (Å²) in [6.07, 6.45) is 4.51. The van der Waals surface area contributed by atoms with Crippen molar-refractivity contribution in [1.82, 2.24) is 24.9 Å². The van der Waals surface area contributed by atoms with E-state index in [1.807, 2.05) is 0 Å². The number of imidazole rings is 1. The number of anilines is 1. The fraction of sp³-hybridized carbons (Fsp3) is 0.400. The molecule has 4 rings (SSSR count). The smallest absolute Gasteiger partial charge is 0.323 e. The fourth-order valence-electron chi connectivity index (χ4n) is 4.07. The van der Waals surface area contributed by atoms with Crippen molar-refractivity contribution < 1.29 is 28.0 Å². The average Bonchev–Trinajstić information content (AvgIpc) is 3.57. The Hall–Kier alpha value is -2.91. The summed E-state index contributed by atoms with van der Waals surface area (Å²) < 4.78 is 27.7. The van der Waals surface area contributed by atoms with E-state index in [2.05, 4.69) is 30.5 Å². The van der Waals surface area contributed by atoms with E-state index in [-0.39, 0.29) is 28.3 Å². The minimum atomic E-state index is -4.43. The van der Waals surface area contributed by atoms with Gasteiger partial charge in [0, 0.05) is 37.9 Å². The lowest BCUT2D eigenvalue weighted by molar-refractivity contribution is -0.139. The maximum absolute atomic E-state index is 12.8. The van der Waals surface area contributed by atoms with Crippen molar-refractivity contribution in [3.63, 3.8) is 0 Å². The lowest BCUT2D eigenvalue weighted by Gasteiger charge is -2.23. The Kier molecular flexibility index (Phi) is 7.70. The molecule has 3 heterocycles. The lowest BCUT2D eigenvalue weighted by atomic mass is 9.95. The number of halogens is 2. The number of nitrogens with zero attached hydrogens (tertiary/aromatic N) is 3. The summed E-state index contributed by atoms with van der Waals surface area (Å²) in [5, 5.41) is 19.8. The molecule has 0 bridgehead atoms. The third-order valence-electron chi connectivity index (χ3n) is 5.79. The minimum Gasteiger partial charge on any atom is -0.480 e. The molecule has 0 radical (unpaired) electrons. The average molecular weight is 560 g/mol. The van der Waals surface area contributed by atoms with Crippen molar-refractivity contribution in [3.05, 3.63) is 40.6 Å². The van der Waals surface area contributed by atoms with Crippen LogP contribution in [0.15, 0.2) is 40.6 Å². The second-order valence-electron chi connectivity index (χ2n) is 8.38. The zero-order valence-electron chi connectivity index (χ0n) is 18.6. The van der Waals surface area contributed by atoms with Crippen LogP contribution in [0.1, 0.15) is 12.8 Å². The third-order valence-corrected chi connectivity index (χ3v) is 8.22. The maximum Gasteiger partial charge on any atom is 0.323 e. The van der Waals surface area contributed by atoms with Crippen LogP contribution in [0.3, 0.4) is 0 Å². The van der Waals surface area contributed by atoms with E-state index in [1.165, 1.54) is 18.2 Å². The molecule has 2 unspecified atom stereocenters. The molecule has 0 saturated carbocycles. The van der Waals surface area contributed by atoms with Crippen LogP contribution in [0.2, 0.25) is 10.0 Å². The van der Waals surface area contributed by atoms with Crippen molar-refractivity contribution in [1.29, 1.82) is 0 Å². The van der Waals surface area contributed by atoms with Crippen LogP contribution in [-0.2, 0) is 24.4 Å². The quantitative estimate of drug-likeness (QED) is 0.264. The van der Waals surface area contributed by atoms with E-state index in [0.29, 0.717) is 31.9 Å². The Morgan fingerprint density at radius 1 is 1.39 bits per heavy atom. The number of aliphatic carboxylic acids is 1. The van der Waals surface area contributed by atoms with Gasteiger partial charge in [-0.2, -0.15) is 4.72 Å². The number of H-pyrrole nitrogens is 1. The predicted octanol–water partition coefficient (Wildman–Crippen LogP) is 0.853. The molecule has 0 aliphatic carbocycles. The van der Waals surface area contributed by atoms with Crippen molar-refractivity contribution in [2.45, 2.75) is 35.4 Å². The van der Waals surface area contributed by atoms with Gasteiger partial charge in [0.25, 0.3) is 0 Å². The number of nitrogens with one attached hydrogen (secondary N) is 4. The molecular weight excluding hydrogens is 537 g/mol. The molecular formula is C20H23Cl2N7O6S. The van der Waals surface area contributed by atoms with Gasteiger partial charge in [0.05, 0.1) is 23.0 Å². The molecule has 16 heteroatoms. The molecule has 1 spiro atoms. The van der Waals surface area contributed by atoms with E-state index < -0.39 is 39.1 Å². The number of carboxylic acid groups (broad SMARTS) is 1. The molecule has 2 aliphatic heterocycles. The Morgan fingerprint density at radius 2 is 2.14 bits per heavy atom. The summed E-state index contributed by atoms with van der Waals surface area (Å²) in [6, 6.07) is 2.40. The van der Waals surface area contributed by atoms with Gasteiger partial charge in [0.2, 0.25) is 16.4 Å². The molecule has 1 saturated heterocycles. The van der Waals surface area contributed by atoms with Gasteiger partial charge in [0.1, 0.15) is 10.9 Å². The molecule has 2 aromatic rings. The molecule has 1 fully saturated rings. The highest BCUT2D eigenvalue weighted by Crippen LogP contribution is 2.33. The van der Waals surface area contributed by atoms with Crippen molar-refractivity contribution in [2.75, 3.05) is 25.0 Å². The first kappa shape index (κ1) is 26.2. The Balaban J connectivity index is 1.40. The highest BCUT2D eigenvalue weighted by Gasteiger charge is 2.47. The first-order valence-corrected chi connectivity index (χ1v) is 13.0. The van der Waals surface area contributed by atoms with Gasteiger partial charge in [-0.3, -0.25) is 14.5 Å². The number of aromatic nitrogens is 2. The molecule has 1 amide bonds. The number of hydrogen-bond acceptors (Lipinski definition) is 9. The number of rotatable bonds is 10. The summed E-state index contributed by atoms with van der Waals surface area (Å²) >= 11 is 12.0. The number of hydrogen-bond donors (Lipinski definition) is 5. The lowest BCUT2D eigenvalue weighted by Crippen LogP contribution is -2.50. The number of amidine groups is 1. The number of aromatic amines is 1. The van der Waals surface area contributed by atoms with Crippen molar-refractivity contribution in [3.8, 4) is 0 Å². The maximum atomic E-state index is 12.8. The summed E-state index contributed by atoms with van der Waals surface area (Å²) in [7, 11) is -4.43. The van der Waals surface area contributed by atoms with E-state index in [4.69, 9.17) is 28.0 Å². The van der Waals surface area contributed by atoms with Gasteiger partial charge < -0.3 is 25.6 Å². The Labute approximate surface area is 216 Å². The normalized spacial score (nSPS) is 22.2. The van der Waals surface area contributed by atoms with Crippen LogP contribution < -0.4 is 15.4 Å². The topological polar surface area (TPSA) is 178 Å². The van der Waals surface area contributed by atoms with E-state index in [0.717, 1.165) is 4.90 Å². The van der Waals surface area contributed by atoms with Gasteiger partial charge in [-0.25, -0.2) is 13.4 Å². The second-order valence-corrected chi connectivity index (χ2v) is 10.8. The highest BCUT2D eigenvalue weighted by atomic mass is 35.5. The summed E-state index contributed by atoms with van der Waals surface area (Å²) in [4.78, 5) is 37.0. The number of carboxylic acids is 1. The molecule has 5 N–H and O–H groups in total. The fourth-order valence-corrected chi connectivity index (χ4v) is 6.39. The predicted molar refractivity (Wildman–Crippen MR) is 130 cm³/mol. The van der Waals surface area contributed by atoms with E-state index >= 15 is 0 Å². The van der Waals surface area contributed by atoms with Crippen LogP contribution >= 0.6 is 23.2 Å². The first-order valence-electron chi connectivity index (χ1n) is 10.8. The number of carbonyl (C=O) groups excluding carboxylic acids is 1. The Morgan fingerprint density at radius 3 is 2.78 bits per heavy atom. The van der Waals surface area contributed by atoms with Crippen LogP contribution in [0.5, 0.6) is 0 Å². The van der Waals surface area contributed by atoms with Crippen molar-refractivity contribution >= 4 is 57.4 Å². The molecule has 13 nitrogen and oxygen atoms in total. The largest absolute Gasteiger partial charge is 0.480 e. The molecule has 36 heavy (non-hydrogen) atoms. The minimum absolute atomic E-state index is 0.0354. The molecule has 1 aromatic heterocycles. The van der Waals surface area contributed by atoms with E-state index in [9.17, 15) is 23.1 Å². The van der Waals surface area contributed by atoms with Crippen LogP contribution in [0, 0.1) is 0 Å². The summed E-state index contributed by atoms with van der Waals surface area (Å²) in [5.41, 5.74) is -0.713. The number of amides is 1. The molecule has 1 aromatic carbocycles. The number of oxime groups is 1. The number of carbonyl (C=O) groups is 2. The van der Waals surface area contributed by atoms with Crippen LogP contribution in [0.4, 0.5) is 5.95 Å². The molecule has 194 valence electrons. The highest BCUT2D eigenvalue weighted by molar-refractivity contribution is 7.89. The van der Waals surface area contributed by atoms with Gasteiger partial charge in [-0.05, 0) is 12.1 Å². The van der Waals surface area contributed by atoms with Gasteiger partial charge in [0.15, 0.2) is 17.4 Å². The summed E-state index contributed by atoms with van der Waals surface area (Å²) in [5.74, 6) is -0.684. The number of benzene rings is 1. The SMILES string of the molecule is O=CN(CC(NS(=O)(=O)c1c(Cl)cccc1Cl)C(=O)O)C1=NO[C@]2(CNC(CNc3ncc[nH]3)C2)C1. The van der Waals surface area contributed by atoms with Crippen molar-refractivity contribution in [2.24, 2.45) is 5.16 Å². The number of sulfonamides is 1. The van der Waals surface area contributed by atoms with Crippen LogP contribution in [0.25, 0.3) is 0 Å².